The van der Waals surface area contributed by atoms with Gasteiger partial charge in [-0.05, 0) is 18.6 Å². The highest BCUT2D eigenvalue weighted by atomic mass is 16.6. The second kappa shape index (κ2) is 5.97. The van der Waals surface area contributed by atoms with E-state index in [-0.39, 0.29) is 5.69 Å². The van der Waals surface area contributed by atoms with E-state index in [1.54, 1.807) is 37.3 Å². The Bertz CT molecular complexity index is 881. The van der Waals surface area contributed by atoms with E-state index in [9.17, 15) is 25.0 Å². The summed E-state index contributed by atoms with van der Waals surface area (Å²) in [5.41, 5.74) is -0.603. The molecule has 1 aliphatic rings. The Morgan fingerprint density at radius 3 is 2.52 bits per heavy atom. The molecule has 2 aromatic rings. The number of fused-ring (bicyclic) bond motifs is 1. The predicted molar refractivity (Wildman–Crippen MR) is 87.1 cm³/mol. The van der Waals surface area contributed by atoms with E-state index in [1.165, 1.54) is 18.2 Å². The van der Waals surface area contributed by atoms with E-state index in [4.69, 9.17) is 4.74 Å². The molecule has 0 amide bonds. The lowest BCUT2D eigenvalue weighted by atomic mass is 9.69. The van der Waals surface area contributed by atoms with E-state index >= 15 is 0 Å². The summed E-state index contributed by atoms with van der Waals surface area (Å²) in [4.78, 5) is 33.8. The number of benzene rings is 2. The van der Waals surface area contributed by atoms with E-state index in [2.05, 4.69) is 0 Å². The number of nitrogens with zero attached hydrogens (tertiary/aromatic N) is 2. The number of rotatable bonds is 5. The average molecular weight is 342 g/mol. The van der Waals surface area contributed by atoms with Crippen LogP contribution >= 0.6 is 0 Å². The van der Waals surface area contributed by atoms with Gasteiger partial charge in [0, 0.05) is 22.6 Å². The number of para-hydroxylation sites is 1. The lowest BCUT2D eigenvalue weighted by Gasteiger charge is -2.28. The van der Waals surface area contributed by atoms with Crippen molar-refractivity contribution >= 4 is 11.7 Å². The minimum atomic E-state index is -1.31. The summed E-state index contributed by atoms with van der Waals surface area (Å²) < 4.78 is 5.29. The van der Waals surface area contributed by atoms with Crippen LogP contribution in [0, 0.1) is 20.2 Å². The summed E-state index contributed by atoms with van der Waals surface area (Å²) in [5.74, 6) is -1.15. The second-order valence-corrected chi connectivity index (χ2v) is 6.01. The minimum Gasteiger partial charge on any atom is -0.426 e. The van der Waals surface area contributed by atoms with Crippen molar-refractivity contribution in [1.82, 2.24) is 0 Å². The Labute approximate surface area is 142 Å². The first kappa shape index (κ1) is 16.6. The first-order valence-corrected chi connectivity index (χ1v) is 7.52. The zero-order valence-corrected chi connectivity index (χ0v) is 13.2. The maximum atomic E-state index is 12.6. The third-order valence-corrected chi connectivity index (χ3v) is 4.59. The Morgan fingerprint density at radius 2 is 1.84 bits per heavy atom. The van der Waals surface area contributed by atoms with Gasteiger partial charge in [0.1, 0.15) is 11.2 Å². The van der Waals surface area contributed by atoms with Crippen LogP contribution in [0.25, 0.3) is 0 Å². The Kier molecular flexibility index (Phi) is 3.96. The molecule has 0 unspecified atom stereocenters. The van der Waals surface area contributed by atoms with Crippen molar-refractivity contribution in [2.24, 2.45) is 0 Å². The lowest BCUT2D eigenvalue weighted by Crippen LogP contribution is -2.40. The molecule has 0 saturated heterocycles. The second-order valence-electron chi connectivity index (χ2n) is 6.01. The van der Waals surface area contributed by atoms with Crippen molar-refractivity contribution in [2.45, 2.75) is 18.3 Å². The zero-order chi connectivity index (χ0) is 18.2. The first-order chi connectivity index (χ1) is 11.8. The number of hydrogen-bond donors (Lipinski definition) is 0. The molecule has 0 spiro atoms. The maximum Gasteiger partial charge on any atom is 0.322 e. The van der Waals surface area contributed by atoms with Gasteiger partial charge < -0.3 is 4.74 Å². The van der Waals surface area contributed by atoms with Crippen LogP contribution in [0.2, 0.25) is 0 Å². The SMILES string of the molecule is C[C@]1([C@H](C[N+](=O)[O-])c2cccc([N+](=O)[O-])c2)C(=O)Oc2ccccc21. The third kappa shape index (κ3) is 2.71. The summed E-state index contributed by atoms with van der Waals surface area (Å²) in [5, 5.41) is 22.3. The highest BCUT2D eigenvalue weighted by Crippen LogP contribution is 2.48. The molecule has 128 valence electrons. The number of esters is 1. The fourth-order valence-electron chi connectivity index (χ4n) is 3.26. The van der Waals surface area contributed by atoms with Crippen LogP contribution in [0.5, 0.6) is 5.75 Å². The van der Waals surface area contributed by atoms with Crippen molar-refractivity contribution in [3.8, 4) is 5.75 Å². The van der Waals surface area contributed by atoms with Crippen molar-refractivity contribution in [2.75, 3.05) is 6.54 Å². The molecule has 25 heavy (non-hydrogen) atoms. The van der Waals surface area contributed by atoms with Crippen LogP contribution in [0.1, 0.15) is 24.0 Å². The number of ether oxygens (including phenoxy) is 1. The fourth-order valence-corrected chi connectivity index (χ4v) is 3.26. The van der Waals surface area contributed by atoms with Gasteiger partial charge in [-0.15, -0.1) is 0 Å². The summed E-state index contributed by atoms with van der Waals surface area (Å²) in [6, 6.07) is 12.3. The highest BCUT2D eigenvalue weighted by Gasteiger charge is 2.53. The molecule has 0 aromatic heterocycles. The molecule has 8 heteroatoms. The molecule has 0 radical (unpaired) electrons. The van der Waals surface area contributed by atoms with E-state index in [1.807, 2.05) is 0 Å². The van der Waals surface area contributed by atoms with Gasteiger partial charge in [-0.1, -0.05) is 30.3 Å². The summed E-state index contributed by atoms with van der Waals surface area (Å²) >= 11 is 0. The molecule has 0 bridgehead atoms. The van der Waals surface area contributed by atoms with Crippen LogP contribution < -0.4 is 4.74 Å². The van der Waals surface area contributed by atoms with E-state index in [0.717, 1.165) is 0 Å². The Morgan fingerprint density at radius 1 is 1.12 bits per heavy atom. The molecule has 0 fully saturated rings. The first-order valence-electron chi connectivity index (χ1n) is 7.52. The normalized spacial score (nSPS) is 19.8. The molecule has 0 aliphatic carbocycles. The van der Waals surface area contributed by atoms with Crippen LogP contribution in [-0.2, 0) is 10.2 Å². The topological polar surface area (TPSA) is 113 Å². The number of nitro groups is 2. The van der Waals surface area contributed by atoms with Crippen LogP contribution in [0.4, 0.5) is 5.69 Å². The smallest absolute Gasteiger partial charge is 0.322 e. The molecule has 2 aromatic carbocycles. The molecule has 3 rings (SSSR count). The van der Waals surface area contributed by atoms with Crippen molar-refractivity contribution in [3.63, 3.8) is 0 Å². The number of hydrogen-bond acceptors (Lipinski definition) is 6. The molecule has 1 heterocycles. The molecule has 2 atom stereocenters. The predicted octanol–water partition coefficient (Wildman–Crippen LogP) is 2.83. The van der Waals surface area contributed by atoms with Gasteiger partial charge in [0.25, 0.3) is 5.69 Å². The number of non-ortho nitro benzene ring substituents is 1. The van der Waals surface area contributed by atoms with Gasteiger partial charge in [0.05, 0.1) is 10.8 Å². The Balaban J connectivity index is 2.17. The van der Waals surface area contributed by atoms with Gasteiger partial charge in [0.2, 0.25) is 6.54 Å². The molecule has 8 nitrogen and oxygen atoms in total. The van der Waals surface area contributed by atoms with Crippen molar-refractivity contribution in [1.29, 1.82) is 0 Å². The zero-order valence-electron chi connectivity index (χ0n) is 13.2. The summed E-state index contributed by atoms with van der Waals surface area (Å²) in [6.07, 6.45) is 0. The monoisotopic (exact) mass is 342 g/mol. The van der Waals surface area contributed by atoms with Crippen LogP contribution in [0.15, 0.2) is 48.5 Å². The quantitative estimate of drug-likeness (QED) is 0.357. The van der Waals surface area contributed by atoms with Crippen molar-refractivity contribution < 1.29 is 19.4 Å². The molecular weight excluding hydrogens is 328 g/mol. The molecule has 0 saturated carbocycles. The van der Waals surface area contributed by atoms with Crippen LogP contribution in [0.3, 0.4) is 0 Å². The molecular formula is C17H14N2O6. The third-order valence-electron chi connectivity index (χ3n) is 4.59. The minimum absolute atomic E-state index is 0.186. The van der Waals surface area contributed by atoms with Gasteiger partial charge in [-0.2, -0.15) is 0 Å². The van der Waals surface area contributed by atoms with Gasteiger partial charge in [-0.25, -0.2) is 0 Å². The number of carbonyl (C=O) groups excluding carboxylic acids is 1. The van der Waals surface area contributed by atoms with E-state index < -0.39 is 33.7 Å². The number of carbonyl (C=O) groups is 1. The standard InChI is InChI=1S/C17H14N2O6/c1-17(13-7-2-3-8-15(13)25-16(17)20)14(10-18(21)22)11-5-4-6-12(9-11)19(23)24/h2-9,14H,10H2,1H3/t14-,17+/m1/s1. The highest BCUT2D eigenvalue weighted by molar-refractivity contribution is 5.91. The van der Waals surface area contributed by atoms with Gasteiger partial charge >= 0.3 is 5.97 Å². The van der Waals surface area contributed by atoms with Crippen molar-refractivity contribution in [3.05, 3.63) is 79.9 Å². The largest absolute Gasteiger partial charge is 0.426 e. The molecule has 0 N–H and O–H groups in total. The van der Waals surface area contributed by atoms with Gasteiger partial charge in [0.15, 0.2) is 0 Å². The van der Waals surface area contributed by atoms with E-state index in [0.29, 0.717) is 16.9 Å². The van der Waals surface area contributed by atoms with Crippen LogP contribution in [-0.4, -0.2) is 22.4 Å². The lowest BCUT2D eigenvalue weighted by molar-refractivity contribution is -0.484. The molecule has 1 aliphatic heterocycles. The van der Waals surface area contributed by atoms with Gasteiger partial charge in [-0.3, -0.25) is 25.0 Å². The maximum absolute atomic E-state index is 12.6. The summed E-state index contributed by atoms with van der Waals surface area (Å²) in [6.45, 7) is 1.02. The average Bonchev–Trinajstić information content (AvgIpc) is 2.84. The number of nitro benzene ring substituents is 1. The summed E-state index contributed by atoms with van der Waals surface area (Å²) in [7, 11) is 0. The Hall–Kier alpha value is -3.29. The fraction of sp³-hybridized carbons (Fsp3) is 0.235.